The molecule has 0 fully saturated rings. The highest BCUT2D eigenvalue weighted by Gasteiger charge is 2.19. The van der Waals surface area contributed by atoms with Crippen LogP contribution in [0.5, 0.6) is 0 Å². The summed E-state index contributed by atoms with van der Waals surface area (Å²) in [6.45, 7) is 6.37. The molecule has 0 amide bonds. The van der Waals surface area contributed by atoms with Crippen LogP contribution >= 0.6 is 11.6 Å². The molecule has 0 radical (unpaired) electrons. The number of benzene rings is 1. The zero-order valence-electron chi connectivity index (χ0n) is 11.2. The maximum atomic E-state index is 5.86. The Morgan fingerprint density at radius 2 is 1.72 bits per heavy atom. The predicted octanol–water partition coefficient (Wildman–Crippen LogP) is 4.17. The second kappa shape index (κ2) is 5.17. The minimum Gasteiger partial charge on any atom is -0.448 e. The number of halogens is 1. The molecule has 1 unspecified atom stereocenters. The van der Waals surface area contributed by atoms with Gasteiger partial charge in [-0.2, -0.15) is 0 Å². The number of rotatable bonds is 3. The minimum atomic E-state index is 0.0399. The van der Waals surface area contributed by atoms with Crippen molar-refractivity contribution in [1.29, 1.82) is 0 Å². The lowest BCUT2D eigenvalue weighted by molar-refractivity contribution is 0.463. The summed E-state index contributed by atoms with van der Waals surface area (Å²) in [5, 5.41) is 3.72. The molecule has 18 heavy (non-hydrogen) atoms. The van der Waals surface area contributed by atoms with Crippen molar-refractivity contribution in [3.63, 3.8) is 0 Å². The molecule has 1 aromatic heterocycles. The molecule has 0 bridgehead atoms. The van der Waals surface area contributed by atoms with Gasteiger partial charge in [0.25, 0.3) is 0 Å². The van der Waals surface area contributed by atoms with E-state index in [0.717, 1.165) is 5.76 Å². The monoisotopic (exact) mass is 263 g/mol. The SMILES string of the molecule is CNC(c1ccc(Cl)o1)c1c(C)cc(C)cc1C. The van der Waals surface area contributed by atoms with Gasteiger partial charge in [-0.25, -0.2) is 0 Å². The van der Waals surface area contributed by atoms with E-state index >= 15 is 0 Å². The number of hydrogen-bond donors (Lipinski definition) is 1. The van der Waals surface area contributed by atoms with E-state index in [2.05, 4.69) is 38.2 Å². The van der Waals surface area contributed by atoms with Crippen LogP contribution in [0.3, 0.4) is 0 Å². The highest BCUT2D eigenvalue weighted by atomic mass is 35.5. The fourth-order valence-corrected chi connectivity index (χ4v) is 2.71. The maximum Gasteiger partial charge on any atom is 0.193 e. The molecule has 1 aromatic carbocycles. The van der Waals surface area contributed by atoms with E-state index in [4.69, 9.17) is 16.0 Å². The van der Waals surface area contributed by atoms with Crippen molar-refractivity contribution in [1.82, 2.24) is 5.32 Å². The van der Waals surface area contributed by atoms with Gasteiger partial charge in [-0.3, -0.25) is 0 Å². The van der Waals surface area contributed by atoms with Crippen LogP contribution in [0.1, 0.15) is 34.1 Å². The summed E-state index contributed by atoms with van der Waals surface area (Å²) in [4.78, 5) is 0. The van der Waals surface area contributed by atoms with Crippen molar-refractivity contribution in [3.05, 3.63) is 57.5 Å². The summed E-state index contributed by atoms with van der Waals surface area (Å²) >= 11 is 5.86. The van der Waals surface area contributed by atoms with E-state index in [1.54, 1.807) is 6.07 Å². The normalized spacial score (nSPS) is 12.7. The molecule has 0 saturated carbocycles. The maximum absolute atomic E-state index is 5.86. The Bertz CT molecular complexity index is 536. The molecule has 96 valence electrons. The van der Waals surface area contributed by atoms with Crippen molar-refractivity contribution >= 4 is 11.6 Å². The third-order valence-corrected chi connectivity index (χ3v) is 3.40. The van der Waals surface area contributed by atoms with Crippen molar-refractivity contribution in [2.75, 3.05) is 7.05 Å². The summed E-state index contributed by atoms with van der Waals surface area (Å²) in [7, 11) is 1.93. The Balaban J connectivity index is 2.51. The van der Waals surface area contributed by atoms with Gasteiger partial charge in [-0.05, 0) is 68.2 Å². The Morgan fingerprint density at radius 1 is 1.11 bits per heavy atom. The second-order valence-electron chi connectivity index (χ2n) is 4.68. The largest absolute Gasteiger partial charge is 0.448 e. The summed E-state index contributed by atoms with van der Waals surface area (Å²) in [5.74, 6) is 0.845. The van der Waals surface area contributed by atoms with Crippen molar-refractivity contribution in [3.8, 4) is 0 Å². The van der Waals surface area contributed by atoms with Crippen LogP contribution in [-0.4, -0.2) is 7.05 Å². The highest BCUT2D eigenvalue weighted by Crippen LogP contribution is 2.30. The molecular formula is C15H18ClNO. The van der Waals surface area contributed by atoms with E-state index in [-0.39, 0.29) is 6.04 Å². The van der Waals surface area contributed by atoms with Gasteiger partial charge in [0.05, 0.1) is 6.04 Å². The molecule has 2 nitrogen and oxygen atoms in total. The molecule has 1 atom stereocenters. The molecule has 0 aliphatic carbocycles. The average Bonchev–Trinajstić information content (AvgIpc) is 2.69. The number of aryl methyl sites for hydroxylation is 3. The summed E-state index contributed by atoms with van der Waals surface area (Å²) in [6.07, 6.45) is 0. The number of hydrogen-bond acceptors (Lipinski definition) is 2. The quantitative estimate of drug-likeness (QED) is 0.899. The van der Waals surface area contributed by atoms with Crippen molar-refractivity contribution in [2.45, 2.75) is 26.8 Å². The van der Waals surface area contributed by atoms with Gasteiger partial charge in [-0.15, -0.1) is 0 Å². The van der Waals surface area contributed by atoms with Gasteiger partial charge in [0.2, 0.25) is 0 Å². The number of furan rings is 1. The van der Waals surface area contributed by atoms with Gasteiger partial charge >= 0.3 is 0 Å². The highest BCUT2D eigenvalue weighted by molar-refractivity contribution is 6.28. The lowest BCUT2D eigenvalue weighted by Gasteiger charge is -2.20. The summed E-state index contributed by atoms with van der Waals surface area (Å²) < 4.78 is 5.53. The first kappa shape index (κ1) is 13.2. The topological polar surface area (TPSA) is 25.2 Å². The summed E-state index contributed by atoms with van der Waals surface area (Å²) in [6, 6.07) is 8.12. The Kier molecular flexibility index (Phi) is 3.79. The van der Waals surface area contributed by atoms with E-state index in [0.29, 0.717) is 5.22 Å². The van der Waals surface area contributed by atoms with E-state index in [1.807, 2.05) is 13.1 Å². The molecule has 3 heteroatoms. The second-order valence-corrected chi connectivity index (χ2v) is 5.05. The van der Waals surface area contributed by atoms with Crippen LogP contribution in [0.25, 0.3) is 0 Å². The van der Waals surface area contributed by atoms with Gasteiger partial charge < -0.3 is 9.73 Å². The fourth-order valence-electron chi connectivity index (χ4n) is 2.56. The van der Waals surface area contributed by atoms with Crippen LogP contribution in [-0.2, 0) is 0 Å². The molecular weight excluding hydrogens is 246 g/mol. The van der Waals surface area contributed by atoms with E-state index < -0.39 is 0 Å². The average molecular weight is 264 g/mol. The zero-order chi connectivity index (χ0) is 13.3. The lowest BCUT2D eigenvalue weighted by Crippen LogP contribution is -2.19. The van der Waals surface area contributed by atoms with Gasteiger partial charge in [0.1, 0.15) is 5.76 Å². The first-order valence-electron chi connectivity index (χ1n) is 6.03. The van der Waals surface area contributed by atoms with Crippen LogP contribution in [0.2, 0.25) is 5.22 Å². The minimum absolute atomic E-state index is 0.0399. The van der Waals surface area contributed by atoms with Crippen LogP contribution in [0.4, 0.5) is 0 Å². The molecule has 0 aliphatic rings. The zero-order valence-corrected chi connectivity index (χ0v) is 11.9. The predicted molar refractivity (Wildman–Crippen MR) is 75.3 cm³/mol. The lowest BCUT2D eigenvalue weighted by atomic mass is 9.93. The molecule has 2 rings (SSSR count). The number of nitrogens with one attached hydrogen (secondary N) is 1. The van der Waals surface area contributed by atoms with Crippen molar-refractivity contribution in [2.24, 2.45) is 0 Å². The fraction of sp³-hybridized carbons (Fsp3) is 0.333. The molecule has 0 spiro atoms. The molecule has 2 aromatic rings. The Hall–Kier alpha value is -1.25. The molecule has 0 aliphatic heterocycles. The van der Waals surface area contributed by atoms with Crippen molar-refractivity contribution < 1.29 is 4.42 Å². The molecule has 1 N–H and O–H groups in total. The summed E-state index contributed by atoms with van der Waals surface area (Å²) in [5.41, 5.74) is 5.06. The third kappa shape index (κ3) is 2.45. The van der Waals surface area contributed by atoms with Crippen LogP contribution < -0.4 is 5.32 Å². The standard InChI is InChI=1S/C15H18ClNO/c1-9-7-10(2)14(11(3)8-9)15(17-4)12-5-6-13(16)18-12/h5-8,15,17H,1-4H3. The van der Waals surface area contributed by atoms with E-state index in [9.17, 15) is 0 Å². The van der Waals surface area contributed by atoms with Crippen LogP contribution in [0.15, 0.2) is 28.7 Å². The third-order valence-electron chi connectivity index (χ3n) is 3.19. The van der Waals surface area contributed by atoms with Gasteiger partial charge in [0, 0.05) is 0 Å². The van der Waals surface area contributed by atoms with E-state index in [1.165, 1.54) is 22.3 Å². The smallest absolute Gasteiger partial charge is 0.193 e. The Morgan fingerprint density at radius 3 is 2.17 bits per heavy atom. The van der Waals surface area contributed by atoms with Gasteiger partial charge in [0.15, 0.2) is 5.22 Å². The Labute approximate surface area is 113 Å². The van der Waals surface area contributed by atoms with Crippen LogP contribution in [0, 0.1) is 20.8 Å². The first-order valence-corrected chi connectivity index (χ1v) is 6.41. The van der Waals surface area contributed by atoms with Gasteiger partial charge in [-0.1, -0.05) is 17.7 Å². The molecule has 0 saturated heterocycles. The molecule has 1 heterocycles. The first-order chi connectivity index (χ1) is 8.52.